The largest absolute Gasteiger partial charge is 0.480 e. The quantitative estimate of drug-likeness (QED) is 0.761. The molecule has 2 rings (SSSR count). The summed E-state index contributed by atoms with van der Waals surface area (Å²) in [4.78, 5) is 23.5. The minimum atomic E-state index is -1.30. The number of rotatable bonds is 6. The summed E-state index contributed by atoms with van der Waals surface area (Å²) < 4.78 is 0. The van der Waals surface area contributed by atoms with Gasteiger partial charge in [-0.3, -0.25) is 4.79 Å². The third kappa shape index (κ3) is 3.26. The zero-order chi connectivity index (χ0) is 16.1. The van der Waals surface area contributed by atoms with Crippen LogP contribution in [-0.4, -0.2) is 34.7 Å². The summed E-state index contributed by atoms with van der Waals surface area (Å²) >= 11 is 0. The van der Waals surface area contributed by atoms with Crippen LogP contribution in [0.4, 0.5) is 0 Å². The Hall–Kier alpha value is -2.40. The molecule has 0 aromatic heterocycles. The van der Waals surface area contributed by atoms with Crippen LogP contribution in [0.2, 0.25) is 0 Å². The number of carbonyl (C=O) groups excluding carboxylic acids is 1. The SMILES string of the molecule is CCCc1ccc2ccccc2c1C(=O)N[C@@H](CO)C(=O)O. The van der Waals surface area contributed by atoms with Gasteiger partial charge in [-0.1, -0.05) is 49.7 Å². The van der Waals surface area contributed by atoms with Gasteiger partial charge in [-0.2, -0.15) is 0 Å². The molecule has 0 aliphatic rings. The Kier molecular flexibility index (Phi) is 5.12. The molecule has 5 heteroatoms. The van der Waals surface area contributed by atoms with Gasteiger partial charge in [0.15, 0.2) is 6.04 Å². The molecular weight excluding hydrogens is 282 g/mol. The average Bonchev–Trinajstić information content (AvgIpc) is 2.52. The molecular formula is C17H19NO4. The van der Waals surface area contributed by atoms with Crippen LogP contribution in [-0.2, 0) is 11.2 Å². The fraction of sp³-hybridized carbons (Fsp3) is 0.294. The van der Waals surface area contributed by atoms with Crippen molar-refractivity contribution in [1.29, 1.82) is 0 Å². The summed E-state index contributed by atoms with van der Waals surface area (Å²) in [6, 6.07) is 10.0. The second-order valence-electron chi connectivity index (χ2n) is 5.12. The number of hydrogen-bond donors (Lipinski definition) is 3. The molecule has 1 atom stereocenters. The van der Waals surface area contributed by atoms with E-state index in [0.717, 1.165) is 29.2 Å². The smallest absolute Gasteiger partial charge is 0.328 e. The minimum absolute atomic E-state index is 0.471. The van der Waals surface area contributed by atoms with E-state index >= 15 is 0 Å². The molecule has 0 unspecified atom stereocenters. The second kappa shape index (κ2) is 7.04. The maximum atomic E-state index is 12.5. The van der Waals surface area contributed by atoms with Gasteiger partial charge in [0.2, 0.25) is 0 Å². The monoisotopic (exact) mass is 301 g/mol. The van der Waals surface area contributed by atoms with Crippen molar-refractivity contribution in [2.75, 3.05) is 6.61 Å². The predicted molar refractivity (Wildman–Crippen MR) is 83.9 cm³/mol. The van der Waals surface area contributed by atoms with E-state index < -0.39 is 24.5 Å². The first-order valence-electron chi connectivity index (χ1n) is 7.23. The van der Waals surface area contributed by atoms with Crippen molar-refractivity contribution in [3.63, 3.8) is 0 Å². The molecule has 1 amide bonds. The van der Waals surface area contributed by atoms with E-state index in [1.54, 1.807) is 0 Å². The Balaban J connectivity index is 2.48. The van der Waals surface area contributed by atoms with E-state index in [0.29, 0.717) is 5.56 Å². The molecule has 0 bridgehead atoms. The van der Waals surface area contributed by atoms with Crippen molar-refractivity contribution in [3.8, 4) is 0 Å². The number of carboxylic acids is 1. The molecule has 0 fully saturated rings. The Labute approximate surface area is 128 Å². The molecule has 3 N–H and O–H groups in total. The van der Waals surface area contributed by atoms with Crippen molar-refractivity contribution in [1.82, 2.24) is 5.32 Å². The molecule has 5 nitrogen and oxygen atoms in total. The fourth-order valence-electron chi connectivity index (χ4n) is 2.48. The van der Waals surface area contributed by atoms with Gasteiger partial charge in [-0.15, -0.1) is 0 Å². The molecule has 0 spiro atoms. The van der Waals surface area contributed by atoms with Crippen LogP contribution in [0.15, 0.2) is 36.4 Å². The highest BCUT2D eigenvalue weighted by Gasteiger charge is 2.22. The lowest BCUT2D eigenvalue weighted by Gasteiger charge is -2.16. The Morgan fingerprint density at radius 2 is 1.91 bits per heavy atom. The number of carboxylic acid groups (broad SMARTS) is 1. The standard InChI is InChI=1S/C17H19NO4/c1-2-5-12-9-8-11-6-3-4-7-13(11)15(12)16(20)18-14(10-19)17(21)22/h3-4,6-9,14,19H,2,5,10H2,1H3,(H,18,20)(H,21,22)/t14-/m0/s1. The molecule has 0 saturated heterocycles. The first kappa shape index (κ1) is 16.0. The highest BCUT2D eigenvalue weighted by Crippen LogP contribution is 2.23. The van der Waals surface area contributed by atoms with Gasteiger partial charge >= 0.3 is 5.97 Å². The van der Waals surface area contributed by atoms with E-state index in [9.17, 15) is 9.59 Å². The number of nitrogens with one attached hydrogen (secondary N) is 1. The zero-order valence-corrected chi connectivity index (χ0v) is 12.4. The van der Waals surface area contributed by atoms with Crippen molar-refractivity contribution in [2.45, 2.75) is 25.8 Å². The maximum absolute atomic E-state index is 12.5. The highest BCUT2D eigenvalue weighted by molar-refractivity contribution is 6.09. The third-order valence-electron chi connectivity index (χ3n) is 3.55. The van der Waals surface area contributed by atoms with Crippen molar-refractivity contribution in [2.24, 2.45) is 0 Å². The zero-order valence-electron chi connectivity index (χ0n) is 12.4. The van der Waals surface area contributed by atoms with Crippen LogP contribution in [0.1, 0.15) is 29.3 Å². The van der Waals surface area contributed by atoms with E-state index in [4.69, 9.17) is 10.2 Å². The maximum Gasteiger partial charge on any atom is 0.328 e. The van der Waals surface area contributed by atoms with Crippen molar-refractivity contribution >= 4 is 22.6 Å². The second-order valence-corrected chi connectivity index (χ2v) is 5.12. The highest BCUT2D eigenvalue weighted by atomic mass is 16.4. The average molecular weight is 301 g/mol. The van der Waals surface area contributed by atoms with E-state index in [1.807, 2.05) is 43.3 Å². The summed E-state index contributed by atoms with van der Waals surface area (Å²) in [5, 5.41) is 22.2. The van der Waals surface area contributed by atoms with Crippen LogP contribution >= 0.6 is 0 Å². The van der Waals surface area contributed by atoms with E-state index in [1.165, 1.54) is 0 Å². The van der Waals surface area contributed by atoms with Crippen molar-refractivity contribution < 1.29 is 19.8 Å². The Morgan fingerprint density at radius 3 is 2.55 bits per heavy atom. The molecule has 0 aliphatic carbocycles. The van der Waals surface area contributed by atoms with Gasteiger partial charge in [0, 0.05) is 0 Å². The molecule has 0 aliphatic heterocycles. The minimum Gasteiger partial charge on any atom is -0.480 e. The van der Waals surface area contributed by atoms with Crippen LogP contribution in [0.5, 0.6) is 0 Å². The summed E-state index contributed by atoms with van der Waals surface area (Å²) in [7, 11) is 0. The molecule has 0 heterocycles. The van der Waals surface area contributed by atoms with Gasteiger partial charge < -0.3 is 15.5 Å². The number of aryl methyl sites for hydroxylation is 1. The topological polar surface area (TPSA) is 86.6 Å². The first-order valence-corrected chi connectivity index (χ1v) is 7.23. The number of aliphatic carboxylic acids is 1. The number of hydrogen-bond acceptors (Lipinski definition) is 3. The van der Waals surface area contributed by atoms with Gasteiger partial charge in [0.1, 0.15) is 0 Å². The number of amides is 1. The predicted octanol–water partition coefficient (Wildman–Crippen LogP) is 1.97. The van der Waals surface area contributed by atoms with Crippen molar-refractivity contribution in [3.05, 3.63) is 47.5 Å². The number of aliphatic hydroxyl groups is 1. The molecule has 2 aromatic rings. The lowest BCUT2D eigenvalue weighted by molar-refractivity contribution is -0.140. The number of fused-ring (bicyclic) bond motifs is 1. The third-order valence-corrected chi connectivity index (χ3v) is 3.55. The van der Waals surface area contributed by atoms with Gasteiger partial charge in [0.05, 0.1) is 12.2 Å². The van der Waals surface area contributed by atoms with E-state index in [-0.39, 0.29) is 0 Å². The molecule has 2 aromatic carbocycles. The van der Waals surface area contributed by atoms with Gasteiger partial charge in [-0.25, -0.2) is 4.79 Å². The van der Waals surface area contributed by atoms with Gasteiger partial charge in [0.25, 0.3) is 5.91 Å². The van der Waals surface area contributed by atoms with E-state index in [2.05, 4.69) is 5.32 Å². The molecule has 0 saturated carbocycles. The summed E-state index contributed by atoms with van der Waals surface area (Å²) in [6.07, 6.45) is 1.60. The number of carbonyl (C=O) groups is 2. The summed E-state index contributed by atoms with van der Waals surface area (Å²) in [5.41, 5.74) is 1.36. The van der Waals surface area contributed by atoms with Crippen LogP contribution in [0, 0.1) is 0 Å². The molecule has 116 valence electrons. The van der Waals surface area contributed by atoms with Crippen LogP contribution in [0.3, 0.4) is 0 Å². The fourth-order valence-corrected chi connectivity index (χ4v) is 2.48. The number of benzene rings is 2. The van der Waals surface area contributed by atoms with Crippen LogP contribution in [0.25, 0.3) is 10.8 Å². The normalized spacial score (nSPS) is 12.1. The lowest BCUT2D eigenvalue weighted by Crippen LogP contribution is -2.43. The first-order chi connectivity index (χ1) is 10.6. The lowest BCUT2D eigenvalue weighted by atomic mass is 9.95. The molecule has 0 radical (unpaired) electrons. The van der Waals surface area contributed by atoms with Gasteiger partial charge in [-0.05, 0) is 22.8 Å². The number of aliphatic hydroxyl groups excluding tert-OH is 1. The Bertz CT molecular complexity index is 696. The summed E-state index contributed by atoms with van der Waals surface area (Å²) in [6.45, 7) is 1.37. The Morgan fingerprint density at radius 1 is 1.18 bits per heavy atom. The molecule has 22 heavy (non-hydrogen) atoms. The van der Waals surface area contributed by atoms with Crippen LogP contribution < -0.4 is 5.32 Å². The summed E-state index contributed by atoms with van der Waals surface area (Å²) in [5.74, 6) is -1.73.